The molecule has 0 aliphatic rings. The third-order valence-corrected chi connectivity index (χ3v) is 4.03. The summed E-state index contributed by atoms with van der Waals surface area (Å²) in [5, 5.41) is 1.49. The van der Waals surface area contributed by atoms with Gasteiger partial charge >= 0.3 is 0 Å². The van der Waals surface area contributed by atoms with E-state index >= 15 is 0 Å². The summed E-state index contributed by atoms with van der Waals surface area (Å²) in [5.41, 5.74) is 7.40. The van der Waals surface area contributed by atoms with Gasteiger partial charge in [0.1, 0.15) is 16.4 Å². The molecule has 0 aliphatic carbocycles. The standard InChI is InChI=1S/C13H12N4OS2/c1-19-12-6-10(14)16-13(17-12)20-7-11-15-8-4-2-3-5-9(8)18-11/h2-6H,7H2,1H3,(H2,14,16,17). The molecule has 0 aliphatic heterocycles. The highest BCUT2D eigenvalue weighted by molar-refractivity contribution is 7.99. The zero-order valence-corrected chi connectivity index (χ0v) is 12.4. The lowest BCUT2D eigenvalue weighted by molar-refractivity contribution is 0.556. The molecule has 1 aromatic carbocycles. The molecule has 20 heavy (non-hydrogen) atoms. The van der Waals surface area contributed by atoms with Crippen LogP contribution in [-0.4, -0.2) is 21.2 Å². The van der Waals surface area contributed by atoms with Crippen LogP contribution in [0.4, 0.5) is 5.82 Å². The Morgan fingerprint density at radius 3 is 2.85 bits per heavy atom. The zero-order valence-electron chi connectivity index (χ0n) is 10.7. The number of nitrogens with zero attached hydrogens (tertiary/aromatic N) is 3. The Morgan fingerprint density at radius 1 is 1.20 bits per heavy atom. The summed E-state index contributed by atoms with van der Waals surface area (Å²) < 4.78 is 5.65. The van der Waals surface area contributed by atoms with Gasteiger partial charge in [0, 0.05) is 6.07 Å². The normalized spacial score (nSPS) is 11.1. The van der Waals surface area contributed by atoms with Crippen molar-refractivity contribution in [1.82, 2.24) is 15.0 Å². The summed E-state index contributed by atoms with van der Waals surface area (Å²) in [4.78, 5) is 13.0. The summed E-state index contributed by atoms with van der Waals surface area (Å²) >= 11 is 3.00. The number of anilines is 1. The number of hydrogen-bond acceptors (Lipinski definition) is 7. The first-order chi connectivity index (χ1) is 9.74. The van der Waals surface area contributed by atoms with E-state index in [1.54, 1.807) is 6.07 Å². The molecule has 3 aromatic rings. The minimum absolute atomic E-state index is 0.476. The Balaban J connectivity index is 1.77. The van der Waals surface area contributed by atoms with Crippen LogP contribution in [0.3, 0.4) is 0 Å². The summed E-state index contributed by atoms with van der Waals surface area (Å²) in [5.74, 6) is 1.71. The van der Waals surface area contributed by atoms with E-state index < -0.39 is 0 Å². The van der Waals surface area contributed by atoms with Crippen molar-refractivity contribution >= 4 is 40.4 Å². The van der Waals surface area contributed by atoms with Crippen molar-refractivity contribution in [3.63, 3.8) is 0 Å². The highest BCUT2D eigenvalue weighted by Gasteiger charge is 2.08. The Hall–Kier alpha value is -1.73. The van der Waals surface area contributed by atoms with Crippen molar-refractivity contribution in [2.24, 2.45) is 0 Å². The molecule has 0 spiro atoms. The van der Waals surface area contributed by atoms with Gasteiger partial charge < -0.3 is 10.2 Å². The molecule has 102 valence electrons. The average Bonchev–Trinajstić information content (AvgIpc) is 2.87. The first-order valence-corrected chi connectivity index (χ1v) is 8.11. The highest BCUT2D eigenvalue weighted by atomic mass is 32.2. The molecule has 5 nitrogen and oxygen atoms in total. The van der Waals surface area contributed by atoms with Gasteiger partial charge in [-0.2, -0.15) is 0 Å². The van der Waals surface area contributed by atoms with Crippen LogP contribution in [0.25, 0.3) is 11.1 Å². The van der Waals surface area contributed by atoms with Crippen LogP contribution in [0.2, 0.25) is 0 Å². The topological polar surface area (TPSA) is 77.8 Å². The lowest BCUT2D eigenvalue weighted by Gasteiger charge is -2.01. The van der Waals surface area contributed by atoms with E-state index in [4.69, 9.17) is 10.2 Å². The molecule has 0 atom stereocenters. The van der Waals surface area contributed by atoms with E-state index in [0.29, 0.717) is 22.6 Å². The molecule has 0 fully saturated rings. The van der Waals surface area contributed by atoms with Crippen molar-refractivity contribution in [2.45, 2.75) is 15.9 Å². The number of fused-ring (bicyclic) bond motifs is 1. The molecule has 7 heteroatoms. The van der Waals surface area contributed by atoms with Gasteiger partial charge in [0.05, 0.1) is 5.75 Å². The summed E-state index contributed by atoms with van der Waals surface area (Å²) in [7, 11) is 0. The van der Waals surface area contributed by atoms with E-state index in [-0.39, 0.29) is 0 Å². The number of thioether (sulfide) groups is 2. The van der Waals surface area contributed by atoms with Crippen LogP contribution in [-0.2, 0) is 5.75 Å². The van der Waals surface area contributed by atoms with Gasteiger partial charge in [0.15, 0.2) is 10.7 Å². The predicted octanol–water partition coefficient (Wildman–Crippen LogP) is 3.21. The number of nitrogen functional groups attached to an aromatic ring is 1. The summed E-state index contributed by atoms with van der Waals surface area (Å²) in [6.07, 6.45) is 1.96. The Labute approximate surface area is 124 Å². The highest BCUT2D eigenvalue weighted by Crippen LogP contribution is 2.24. The van der Waals surface area contributed by atoms with Crippen molar-refractivity contribution < 1.29 is 4.42 Å². The lowest BCUT2D eigenvalue weighted by atomic mass is 10.3. The van der Waals surface area contributed by atoms with E-state index in [1.807, 2.05) is 30.5 Å². The average molecular weight is 304 g/mol. The van der Waals surface area contributed by atoms with Crippen LogP contribution in [0.15, 0.2) is 44.9 Å². The molecule has 0 bridgehead atoms. The second-order valence-electron chi connectivity index (χ2n) is 3.98. The zero-order chi connectivity index (χ0) is 13.9. The van der Waals surface area contributed by atoms with E-state index in [0.717, 1.165) is 16.1 Å². The van der Waals surface area contributed by atoms with Crippen LogP contribution >= 0.6 is 23.5 Å². The summed E-state index contributed by atoms with van der Waals surface area (Å²) in [6, 6.07) is 9.45. The number of rotatable bonds is 4. The molecule has 0 unspecified atom stereocenters. The molecule has 2 heterocycles. The lowest BCUT2D eigenvalue weighted by Crippen LogP contribution is -1.96. The fourth-order valence-corrected chi connectivity index (χ4v) is 2.88. The van der Waals surface area contributed by atoms with E-state index in [9.17, 15) is 0 Å². The minimum Gasteiger partial charge on any atom is -0.440 e. The quantitative estimate of drug-likeness (QED) is 0.450. The Morgan fingerprint density at radius 2 is 2.05 bits per heavy atom. The maximum atomic E-state index is 5.75. The first kappa shape index (κ1) is 13.3. The Bertz CT molecular complexity index is 711. The first-order valence-electron chi connectivity index (χ1n) is 5.90. The molecule has 2 N–H and O–H groups in total. The molecule has 3 rings (SSSR count). The van der Waals surface area contributed by atoms with Crippen molar-refractivity contribution in [1.29, 1.82) is 0 Å². The number of oxazole rings is 1. The van der Waals surface area contributed by atoms with Crippen molar-refractivity contribution in [2.75, 3.05) is 12.0 Å². The van der Waals surface area contributed by atoms with Gasteiger partial charge in [-0.1, -0.05) is 23.9 Å². The van der Waals surface area contributed by atoms with Gasteiger partial charge in [0.25, 0.3) is 0 Å². The van der Waals surface area contributed by atoms with Gasteiger partial charge in [-0.05, 0) is 18.4 Å². The summed E-state index contributed by atoms with van der Waals surface area (Å²) in [6.45, 7) is 0. The molecular formula is C13H12N4OS2. The third kappa shape index (κ3) is 2.88. The molecule has 0 amide bonds. The number of para-hydroxylation sites is 2. The fraction of sp³-hybridized carbons (Fsp3) is 0.154. The fourth-order valence-electron chi connectivity index (χ4n) is 1.70. The number of benzene rings is 1. The largest absolute Gasteiger partial charge is 0.440 e. The van der Waals surface area contributed by atoms with Crippen LogP contribution in [0, 0.1) is 0 Å². The molecule has 0 radical (unpaired) electrons. The van der Waals surface area contributed by atoms with E-state index in [1.165, 1.54) is 23.5 Å². The second kappa shape index (κ2) is 5.72. The van der Waals surface area contributed by atoms with Crippen LogP contribution < -0.4 is 5.73 Å². The molecule has 0 saturated heterocycles. The SMILES string of the molecule is CSc1cc(N)nc(SCc2nc3ccccc3o2)n1. The van der Waals surface area contributed by atoms with E-state index in [2.05, 4.69) is 15.0 Å². The number of aromatic nitrogens is 3. The number of nitrogens with two attached hydrogens (primary N) is 1. The third-order valence-electron chi connectivity index (χ3n) is 2.57. The monoisotopic (exact) mass is 304 g/mol. The smallest absolute Gasteiger partial charge is 0.205 e. The van der Waals surface area contributed by atoms with Crippen molar-refractivity contribution in [3.05, 3.63) is 36.2 Å². The Kier molecular flexibility index (Phi) is 3.79. The van der Waals surface area contributed by atoms with Crippen molar-refractivity contribution in [3.8, 4) is 0 Å². The van der Waals surface area contributed by atoms with Gasteiger partial charge in [0.2, 0.25) is 5.89 Å². The maximum absolute atomic E-state index is 5.75. The van der Waals surface area contributed by atoms with Gasteiger partial charge in [-0.3, -0.25) is 0 Å². The van der Waals surface area contributed by atoms with Gasteiger partial charge in [-0.25, -0.2) is 15.0 Å². The molecule has 2 aromatic heterocycles. The minimum atomic E-state index is 0.476. The van der Waals surface area contributed by atoms with Crippen LogP contribution in [0.1, 0.15) is 5.89 Å². The predicted molar refractivity (Wildman–Crippen MR) is 81.8 cm³/mol. The maximum Gasteiger partial charge on any atom is 0.205 e. The van der Waals surface area contributed by atoms with Gasteiger partial charge in [-0.15, -0.1) is 11.8 Å². The molecule has 0 saturated carbocycles. The van der Waals surface area contributed by atoms with Crippen LogP contribution in [0.5, 0.6) is 0 Å². The second-order valence-corrected chi connectivity index (χ2v) is 5.75. The number of hydrogen-bond donors (Lipinski definition) is 1. The molecular weight excluding hydrogens is 292 g/mol.